The highest BCUT2D eigenvalue weighted by Crippen LogP contribution is 2.33. The van der Waals surface area contributed by atoms with Crippen molar-refractivity contribution in [3.05, 3.63) is 36.3 Å². The molecule has 0 unspecified atom stereocenters. The van der Waals surface area contributed by atoms with Gasteiger partial charge in [-0.1, -0.05) is 0 Å². The molecule has 0 radical (unpaired) electrons. The summed E-state index contributed by atoms with van der Waals surface area (Å²) in [7, 11) is 0. The van der Waals surface area contributed by atoms with E-state index in [0.717, 1.165) is 36.9 Å². The van der Waals surface area contributed by atoms with E-state index in [2.05, 4.69) is 15.2 Å². The van der Waals surface area contributed by atoms with Crippen LogP contribution in [0, 0.1) is 0 Å². The Bertz CT molecular complexity index is 876. The van der Waals surface area contributed by atoms with Crippen molar-refractivity contribution < 1.29 is 14.3 Å². The zero-order valence-corrected chi connectivity index (χ0v) is 17.8. The molecule has 8 heteroatoms. The number of piperidine rings is 1. The summed E-state index contributed by atoms with van der Waals surface area (Å²) in [6.07, 6.45) is 8.47. The van der Waals surface area contributed by atoms with Crippen LogP contribution in [-0.2, 0) is 4.74 Å². The van der Waals surface area contributed by atoms with Crippen LogP contribution >= 0.6 is 0 Å². The molecule has 2 aromatic heterocycles. The molecule has 3 heterocycles. The molecule has 1 aliphatic carbocycles. The normalized spacial score (nSPS) is 17.6. The zero-order chi connectivity index (χ0) is 21.3. The van der Waals surface area contributed by atoms with Crippen LogP contribution in [0.5, 0.6) is 0 Å². The number of aromatic nitrogens is 3. The van der Waals surface area contributed by atoms with Crippen LogP contribution < -0.4 is 0 Å². The summed E-state index contributed by atoms with van der Waals surface area (Å²) in [6, 6.07) is 4.12. The van der Waals surface area contributed by atoms with Gasteiger partial charge < -0.3 is 14.5 Å². The summed E-state index contributed by atoms with van der Waals surface area (Å²) in [5, 5.41) is 6.71. The number of H-pyrrole nitrogens is 1. The Morgan fingerprint density at radius 3 is 2.33 bits per heavy atom. The van der Waals surface area contributed by atoms with Crippen LogP contribution in [0.2, 0.25) is 0 Å². The smallest absolute Gasteiger partial charge is 0.410 e. The summed E-state index contributed by atoms with van der Waals surface area (Å²) < 4.78 is 5.48. The molecule has 0 aromatic carbocycles. The van der Waals surface area contributed by atoms with Crippen molar-refractivity contribution in [3.8, 4) is 11.3 Å². The highest BCUT2D eigenvalue weighted by Gasteiger charge is 2.40. The molecule has 2 amide bonds. The number of likely N-dealkylation sites (tertiary alicyclic amines) is 1. The molecule has 4 rings (SSSR count). The average Bonchev–Trinajstić information content (AvgIpc) is 3.39. The van der Waals surface area contributed by atoms with Gasteiger partial charge in [-0.15, -0.1) is 0 Å². The molecular weight excluding hydrogens is 382 g/mol. The van der Waals surface area contributed by atoms with Gasteiger partial charge in [0.15, 0.2) is 0 Å². The van der Waals surface area contributed by atoms with E-state index >= 15 is 0 Å². The first-order valence-electron chi connectivity index (χ1n) is 10.6. The van der Waals surface area contributed by atoms with Crippen molar-refractivity contribution in [1.82, 2.24) is 25.0 Å². The second-order valence-corrected chi connectivity index (χ2v) is 9.06. The molecule has 2 aromatic rings. The topological polar surface area (TPSA) is 91.4 Å². The fourth-order valence-electron chi connectivity index (χ4n) is 3.87. The van der Waals surface area contributed by atoms with E-state index in [-0.39, 0.29) is 18.0 Å². The lowest BCUT2D eigenvalue weighted by Crippen LogP contribution is -2.50. The van der Waals surface area contributed by atoms with Gasteiger partial charge in [0.25, 0.3) is 5.91 Å². The maximum atomic E-state index is 13.3. The largest absolute Gasteiger partial charge is 0.444 e. The van der Waals surface area contributed by atoms with Crippen molar-refractivity contribution in [2.24, 2.45) is 0 Å². The number of rotatable bonds is 4. The van der Waals surface area contributed by atoms with Gasteiger partial charge in [0.05, 0.1) is 17.5 Å². The van der Waals surface area contributed by atoms with Gasteiger partial charge in [-0.05, 0) is 58.6 Å². The van der Waals surface area contributed by atoms with Gasteiger partial charge in [-0.25, -0.2) is 4.79 Å². The molecule has 1 N–H and O–H groups in total. The van der Waals surface area contributed by atoms with Crippen LogP contribution in [-0.4, -0.2) is 67.8 Å². The van der Waals surface area contributed by atoms with Gasteiger partial charge in [0.2, 0.25) is 0 Å². The minimum absolute atomic E-state index is 0.0273. The van der Waals surface area contributed by atoms with Crippen molar-refractivity contribution in [1.29, 1.82) is 0 Å². The van der Waals surface area contributed by atoms with E-state index in [9.17, 15) is 9.59 Å². The van der Waals surface area contributed by atoms with Gasteiger partial charge in [-0.2, -0.15) is 5.10 Å². The maximum Gasteiger partial charge on any atom is 0.410 e. The standard InChI is InChI=1S/C22H29N5O3/c1-22(2,3)30-21(29)26-10-8-18(9-11-26)27(17-5-6-17)20(28)15-4-7-19(23-12-15)16-13-24-25-14-16/h4,7,12-14,17-18H,5-6,8-11H2,1-3H3,(H,24,25). The zero-order valence-electron chi connectivity index (χ0n) is 17.8. The fraction of sp³-hybridized carbons (Fsp3) is 0.545. The number of pyridine rings is 1. The predicted molar refractivity (Wildman–Crippen MR) is 112 cm³/mol. The third kappa shape index (κ3) is 4.63. The van der Waals surface area contributed by atoms with Crippen LogP contribution in [0.15, 0.2) is 30.7 Å². The third-order valence-electron chi connectivity index (χ3n) is 5.49. The predicted octanol–water partition coefficient (Wildman–Crippen LogP) is 3.48. The molecule has 30 heavy (non-hydrogen) atoms. The number of hydrogen-bond donors (Lipinski definition) is 1. The summed E-state index contributed by atoms with van der Waals surface area (Å²) in [4.78, 5) is 33.8. The van der Waals surface area contributed by atoms with E-state index in [1.165, 1.54) is 0 Å². The molecule has 0 spiro atoms. The number of nitrogens with one attached hydrogen (secondary N) is 1. The first-order chi connectivity index (χ1) is 14.3. The molecule has 2 aliphatic rings. The molecule has 8 nitrogen and oxygen atoms in total. The molecular formula is C22H29N5O3. The Morgan fingerprint density at radius 1 is 1.10 bits per heavy atom. The Balaban J connectivity index is 1.41. The number of aromatic amines is 1. The SMILES string of the molecule is CC(C)(C)OC(=O)N1CCC(N(C(=O)c2ccc(-c3cn[nH]c3)nc2)C2CC2)CC1. The number of amides is 2. The third-order valence-corrected chi connectivity index (χ3v) is 5.49. The number of carbonyl (C=O) groups excluding carboxylic acids is 2. The first-order valence-corrected chi connectivity index (χ1v) is 10.6. The van der Waals surface area contributed by atoms with Crippen LogP contribution in [0.1, 0.15) is 56.8 Å². The van der Waals surface area contributed by atoms with Gasteiger partial charge in [0.1, 0.15) is 5.60 Å². The maximum absolute atomic E-state index is 13.3. The van der Waals surface area contributed by atoms with Crippen molar-refractivity contribution in [3.63, 3.8) is 0 Å². The minimum Gasteiger partial charge on any atom is -0.444 e. The molecule has 1 saturated carbocycles. The fourth-order valence-corrected chi connectivity index (χ4v) is 3.87. The lowest BCUT2D eigenvalue weighted by molar-refractivity contribution is 0.0142. The average molecular weight is 412 g/mol. The lowest BCUT2D eigenvalue weighted by Gasteiger charge is -2.39. The first kappa shape index (κ1) is 20.4. The highest BCUT2D eigenvalue weighted by molar-refractivity contribution is 5.94. The van der Waals surface area contributed by atoms with Gasteiger partial charge in [-0.3, -0.25) is 14.9 Å². The lowest BCUT2D eigenvalue weighted by atomic mass is 10.0. The van der Waals surface area contributed by atoms with Crippen LogP contribution in [0.3, 0.4) is 0 Å². The van der Waals surface area contributed by atoms with Crippen molar-refractivity contribution >= 4 is 12.0 Å². The number of carbonyl (C=O) groups is 2. The Kier molecular flexibility index (Phi) is 5.49. The summed E-state index contributed by atoms with van der Waals surface area (Å²) in [5.41, 5.74) is 1.77. The summed E-state index contributed by atoms with van der Waals surface area (Å²) >= 11 is 0. The molecule has 2 fully saturated rings. The van der Waals surface area contributed by atoms with Gasteiger partial charge >= 0.3 is 6.09 Å². The van der Waals surface area contributed by atoms with Gasteiger partial charge in [0, 0.05) is 43.1 Å². The molecule has 160 valence electrons. The second kappa shape index (κ2) is 8.08. The molecule has 0 atom stereocenters. The summed E-state index contributed by atoms with van der Waals surface area (Å²) in [6.45, 7) is 6.83. The molecule has 1 aliphatic heterocycles. The Labute approximate surface area is 176 Å². The van der Waals surface area contributed by atoms with Crippen LogP contribution in [0.4, 0.5) is 4.79 Å². The highest BCUT2D eigenvalue weighted by atomic mass is 16.6. The number of hydrogen-bond acceptors (Lipinski definition) is 5. The molecule has 0 bridgehead atoms. The Morgan fingerprint density at radius 2 is 1.80 bits per heavy atom. The van der Waals surface area contributed by atoms with Crippen LogP contribution in [0.25, 0.3) is 11.3 Å². The van der Waals surface area contributed by atoms with Crippen molar-refractivity contribution in [2.75, 3.05) is 13.1 Å². The quantitative estimate of drug-likeness (QED) is 0.832. The van der Waals surface area contributed by atoms with E-state index < -0.39 is 5.60 Å². The van der Waals surface area contributed by atoms with E-state index in [0.29, 0.717) is 24.7 Å². The second-order valence-electron chi connectivity index (χ2n) is 9.06. The van der Waals surface area contributed by atoms with E-state index in [1.54, 1.807) is 23.5 Å². The minimum atomic E-state index is -0.500. The Hall–Kier alpha value is -2.90. The van der Waals surface area contributed by atoms with E-state index in [1.807, 2.05) is 37.8 Å². The number of nitrogens with zero attached hydrogens (tertiary/aromatic N) is 4. The van der Waals surface area contributed by atoms with Crippen molar-refractivity contribution in [2.45, 2.75) is 64.1 Å². The van der Waals surface area contributed by atoms with E-state index in [4.69, 9.17) is 4.74 Å². The summed E-state index contributed by atoms with van der Waals surface area (Å²) in [5.74, 6) is 0.0273. The molecule has 1 saturated heterocycles. The monoisotopic (exact) mass is 411 g/mol. The number of ether oxygens (including phenoxy) is 1.